The van der Waals surface area contributed by atoms with Gasteiger partial charge in [0.05, 0.1) is 19.0 Å². The van der Waals surface area contributed by atoms with Crippen molar-refractivity contribution in [3.05, 3.63) is 84.0 Å². The second-order valence-electron chi connectivity index (χ2n) is 7.06. The molecule has 2 heterocycles. The van der Waals surface area contributed by atoms with E-state index in [1.165, 1.54) is 12.1 Å². The van der Waals surface area contributed by atoms with Crippen molar-refractivity contribution < 1.29 is 9.13 Å². The lowest BCUT2D eigenvalue weighted by molar-refractivity contribution is 0.415. The Hall–Kier alpha value is -3.03. The fourth-order valence-electron chi connectivity index (χ4n) is 3.35. The van der Waals surface area contributed by atoms with Crippen molar-refractivity contribution in [3.63, 3.8) is 0 Å². The van der Waals surface area contributed by atoms with Gasteiger partial charge in [0.25, 0.3) is 0 Å². The maximum absolute atomic E-state index is 14.1. The smallest absolute Gasteiger partial charge is 0.173 e. The van der Waals surface area contributed by atoms with Crippen LogP contribution in [0.25, 0.3) is 16.9 Å². The number of nitrogens with zero attached hydrogens (tertiary/aromatic N) is 4. The van der Waals surface area contributed by atoms with Gasteiger partial charge in [-0.15, -0.1) is 0 Å². The molecule has 0 aliphatic carbocycles. The quantitative estimate of drug-likeness (QED) is 0.298. The van der Waals surface area contributed by atoms with Crippen molar-refractivity contribution in [3.8, 4) is 22.7 Å². The van der Waals surface area contributed by atoms with Crippen molar-refractivity contribution >= 4 is 29.1 Å². The highest BCUT2D eigenvalue weighted by Gasteiger charge is 2.18. The zero-order valence-electron chi connectivity index (χ0n) is 17.7. The molecule has 164 valence electrons. The summed E-state index contributed by atoms with van der Waals surface area (Å²) in [6.07, 6.45) is 5.32. The number of hydrogen-bond donors (Lipinski definition) is 0. The predicted octanol–water partition coefficient (Wildman–Crippen LogP) is 5.96. The van der Waals surface area contributed by atoms with E-state index in [-0.39, 0.29) is 5.82 Å². The zero-order valence-corrected chi connectivity index (χ0v) is 19.3. The molecule has 0 spiro atoms. The number of halogens is 2. The Balaban J connectivity index is 1.66. The second-order valence-corrected chi connectivity index (χ2v) is 8.56. The summed E-state index contributed by atoms with van der Waals surface area (Å²) in [6.45, 7) is 0.820. The SMILES string of the molecule is COc1ccc(F)cc1-c1cnc(SCCN(C)c2ccncc2)n1-c1ccc(Cl)cc1. The van der Waals surface area contributed by atoms with Gasteiger partial charge in [-0.3, -0.25) is 9.55 Å². The van der Waals surface area contributed by atoms with E-state index < -0.39 is 0 Å². The molecule has 8 heteroatoms. The van der Waals surface area contributed by atoms with Crippen LogP contribution in [-0.4, -0.2) is 41.0 Å². The van der Waals surface area contributed by atoms with Crippen LogP contribution in [0.2, 0.25) is 5.02 Å². The van der Waals surface area contributed by atoms with Gasteiger partial charge in [-0.25, -0.2) is 9.37 Å². The first-order valence-corrected chi connectivity index (χ1v) is 11.3. The summed E-state index contributed by atoms with van der Waals surface area (Å²) >= 11 is 7.73. The number of aromatic nitrogens is 3. The highest BCUT2D eigenvalue weighted by Crippen LogP contribution is 2.35. The van der Waals surface area contributed by atoms with E-state index in [0.29, 0.717) is 16.3 Å². The number of imidazole rings is 1. The van der Waals surface area contributed by atoms with Crippen LogP contribution in [0, 0.1) is 5.82 Å². The Bertz CT molecular complexity index is 1180. The van der Waals surface area contributed by atoms with Gasteiger partial charge in [0.2, 0.25) is 0 Å². The third-order valence-corrected chi connectivity index (χ3v) is 6.20. The van der Waals surface area contributed by atoms with Gasteiger partial charge in [0.15, 0.2) is 5.16 Å². The molecular formula is C24H22ClFN4OS. The molecule has 0 fully saturated rings. The molecule has 0 unspecified atom stereocenters. The lowest BCUT2D eigenvalue weighted by Gasteiger charge is -2.19. The van der Waals surface area contributed by atoms with E-state index in [0.717, 1.165) is 34.5 Å². The summed E-state index contributed by atoms with van der Waals surface area (Å²) in [7, 11) is 3.62. The van der Waals surface area contributed by atoms with Crippen LogP contribution < -0.4 is 9.64 Å². The van der Waals surface area contributed by atoms with Crippen LogP contribution in [0.15, 0.2) is 78.3 Å². The van der Waals surface area contributed by atoms with Gasteiger partial charge < -0.3 is 9.64 Å². The van der Waals surface area contributed by atoms with Gasteiger partial charge in [-0.1, -0.05) is 23.4 Å². The minimum atomic E-state index is -0.335. The number of anilines is 1. The Kier molecular flexibility index (Phi) is 6.97. The normalized spacial score (nSPS) is 10.9. The molecule has 0 aliphatic rings. The summed E-state index contributed by atoms with van der Waals surface area (Å²) in [4.78, 5) is 10.9. The number of ether oxygens (including phenoxy) is 1. The number of thioether (sulfide) groups is 1. The highest BCUT2D eigenvalue weighted by molar-refractivity contribution is 7.99. The molecule has 0 saturated carbocycles. The van der Waals surface area contributed by atoms with Crippen LogP contribution in [0.1, 0.15) is 0 Å². The van der Waals surface area contributed by atoms with Crippen LogP contribution in [0.5, 0.6) is 5.75 Å². The molecule has 0 N–H and O–H groups in total. The molecule has 5 nitrogen and oxygen atoms in total. The van der Waals surface area contributed by atoms with Crippen LogP contribution in [0.3, 0.4) is 0 Å². The standard InChI is InChI=1S/C24H22ClFN4OS/c1-29(19-9-11-27-12-10-19)13-14-32-24-28-16-22(21-15-18(26)5-8-23(21)31-2)30(24)20-6-3-17(25)4-7-20/h3-12,15-16H,13-14H2,1-2H3. The lowest BCUT2D eigenvalue weighted by atomic mass is 10.1. The predicted molar refractivity (Wildman–Crippen MR) is 129 cm³/mol. The summed E-state index contributed by atoms with van der Waals surface area (Å²) in [5, 5.41) is 1.45. The first kappa shape index (κ1) is 22.2. The summed E-state index contributed by atoms with van der Waals surface area (Å²) in [5.74, 6) is 1.05. The van der Waals surface area contributed by atoms with E-state index in [1.807, 2.05) is 48.0 Å². The fourth-order valence-corrected chi connectivity index (χ4v) is 4.48. The van der Waals surface area contributed by atoms with Gasteiger partial charge in [-0.2, -0.15) is 0 Å². The average Bonchev–Trinajstić information content (AvgIpc) is 3.23. The van der Waals surface area contributed by atoms with Crippen molar-refractivity contribution in [2.24, 2.45) is 0 Å². The molecule has 0 radical (unpaired) electrons. The Morgan fingerprint density at radius 2 is 1.84 bits per heavy atom. The molecule has 4 aromatic rings. The third-order valence-electron chi connectivity index (χ3n) is 5.01. The molecule has 0 bridgehead atoms. The first-order valence-electron chi connectivity index (χ1n) is 9.98. The first-order chi connectivity index (χ1) is 15.6. The average molecular weight is 469 g/mol. The van der Waals surface area contributed by atoms with Gasteiger partial charge in [0.1, 0.15) is 11.6 Å². The molecule has 2 aromatic heterocycles. The Labute approximate surface area is 195 Å². The molecule has 4 rings (SSSR count). The molecule has 0 amide bonds. The minimum absolute atomic E-state index is 0.335. The van der Waals surface area contributed by atoms with E-state index in [1.54, 1.807) is 43.5 Å². The van der Waals surface area contributed by atoms with E-state index >= 15 is 0 Å². The van der Waals surface area contributed by atoms with Gasteiger partial charge in [-0.05, 0) is 54.6 Å². The van der Waals surface area contributed by atoms with E-state index in [9.17, 15) is 4.39 Å². The van der Waals surface area contributed by atoms with E-state index in [4.69, 9.17) is 16.3 Å². The highest BCUT2D eigenvalue weighted by atomic mass is 35.5. The Morgan fingerprint density at radius 3 is 2.56 bits per heavy atom. The monoisotopic (exact) mass is 468 g/mol. The molecule has 0 saturated heterocycles. The summed E-state index contributed by atoms with van der Waals surface area (Å²) < 4.78 is 21.6. The topological polar surface area (TPSA) is 43.2 Å². The molecule has 2 aromatic carbocycles. The molecule has 32 heavy (non-hydrogen) atoms. The van der Waals surface area contributed by atoms with Gasteiger partial charge >= 0.3 is 0 Å². The summed E-state index contributed by atoms with van der Waals surface area (Å²) in [5.41, 5.74) is 3.37. The van der Waals surface area contributed by atoms with Gasteiger partial charge in [0, 0.05) is 53.7 Å². The van der Waals surface area contributed by atoms with Crippen LogP contribution >= 0.6 is 23.4 Å². The van der Waals surface area contributed by atoms with Crippen molar-refractivity contribution in [1.29, 1.82) is 0 Å². The maximum Gasteiger partial charge on any atom is 0.173 e. The van der Waals surface area contributed by atoms with Crippen LogP contribution in [-0.2, 0) is 0 Å². The number of rotatable bonds is 8. The van der Waals surface area contributed by atoms with Crippen molar-refractivity contribution in [1.82, 2.24) is 14.5 Å². The summed E-state index contributed by atoms with van der Waals surface area (Å²) in [6, 6.07) is 15.9. The Morgan fingerprint density at radius 1 is 1.09 bits per heavy atom. The lowest BCUT2D eigenvalue weighted by Crippen LogP contribution is -2.20. The number of benzene rings is 2. The fraction of sp³-hybridized carbons (Fsp3) is 0.167. The van der Waals surface area contributed by atoms with Crippen molar-refractivity contribution in [2.45, 2.75) is 5.16 Å². The largest absolute Gasteiger partial charge is 0.496 e. The molecule has 0 atom stereocenters. The maximum atomic E-state index is 14.1. The third kappa shape index (κ3) is 4.89. The molecular weight excluding hydrogens is 447 g/mol. The van der Waals surface area contributed by atoms with Crippen LogP contribution in [0.4, 0.5) is 10.1 Å². The minimum Gasteiger partial charge on any atom is -0.496 e. The van der Waals surface area contributed by atoms with Crippen molar-refractivity contribution in [2.75, 3.05) is 31.4 Å². The number of methoxy groups -OCH3 is 1. The molecule has 0 aliphatic heterocycles. The van der Waals surface area contributed by atoms with E-state index in [2.05, 4.69) is 14.9 Å². The second kappa shape index (κ2) is 10.1. The number of pyridine rings is 1. The number of hydrogen-bond acceptors (Lipinski definition) is 5. The zero-order chi connectivity index (χ0) is 22.5.